The van der Waals surface area contributed by atoms with E-state index in [1.54, 1.807) is 6.92 Å². The van der Waals surface area contributed by atoms with Crippen molar-refractivity contribution in [3.8, 4) is 5.75 Å². The molecule has 0 radical (unpaired) electrons. The van der Waals surface area contributed by atoms with Gasteiger partial charge in [-0.25, -0.2) is 0 Å². The molecular formula is C11H13F3O3. The lowest BCUT2D eigenvalue weighted by molar-refractivity contribution is -0.139. The summed E-state index contributed by atoms with van der Waals surface area (Å²) in [5, 5.41) is 8.80. The quantitative estimate of drug-likeness (QED) is 0.644. The summed E-state index contributed by atoms with van der Waals surface area (Å²) < 4.78 is 47.7. The summed E-state index contributed by atoms with van der Waals surface area (Å²) in [6.07, 6.45) is -4.52. The Bertz CT molecular complexity index is 363. The van der Waals surface area contributed by atoms with E-state index < -0.39 is 18.3 Å². The molecule has 0 aliphatic heterocycles. The molecule has 0 fully saturated rings. The first-order valence-electron chi connectivity index (χ1n) is 5.00. The summed E-state index contributed by atoms with van der Waals surface area (Å²) in [5.41, 5.74) is -0.732. The summed E-state index contributed by atoms with van der Waals surface area (Å²) in [6.45, 7) is 1.38. The van der Waals surface area contributed by atoms with Crippen LogP contribution in [0.25, 0.3) is 0 Å². The zero-order valence-corrected chi connectivity index (χ0v) is 9.25. The second-order valence-corrected chi connectivity index (χ2v) is 3.24. The largest absolute Gasteiger partial charge is 0.467 e. The van der Waals surface area contributed by atoms with Crippen LogP contribution >= 0.6 is 0 Å². The first-order valence-corrected chi connectivity index (χ1v) is 5.00. The zero-order chi connectivity index (χ0) is 12.9. The van der Waals surface area contributed by atoms with Crippen LogP contribution in [0.3, 0.4) is 0 Å². The topological polar surface area (TPSA) is 38.7 Å². The number of aliphatic hydroxyl groups is 1. The number of hydrogen-bond donors (Lipinski definition) is 1. The number of benzene rings is 1. The Morgan fingerprint density at radius 3 is 2.53 bits per heavy atom. The third kappa shape index (κ3) is 3.90. The average molecular weight is 250 g/mol. The number of ether oxygens (including phenoxy) is 2. The number of hydrogen-bond acceptors (Lipinski definition) is 3. The van der Waals surface area contributed by atoms with Crippen molar-refractivity contribution in [3.05, 3.63) is 29.3 Å². The third-order valence-corrected chi connectivity index (χ3v) is 2.03. The first-order chi connectivity index (χ1) is 7.99. The minimum absolute atomic E-state index is 0.182. The lowest BCUT2D eigenvalue weighted by Crippen LogP contribution is -2.11. The molecule has 1 N–H and O–H groups in total. The van der Waals surface area contributed by atoms with Gasteiger partial charge >= 0.3 is 6.18 Å². The predicted octanol–water partition coefficient (Wildman–Crippen LogP) is 2.57. The van der Waals surface area contributed by atoms with Crippen LogP contribution in [-0.4, -0.2) is 18.5 Å². The van der Waals surface area contributed by atoms with Crippen molar-refractivity contribution in [1.82, 2.24) is 0 Å². The second-order valence-electron chi connectivity index (χ2n) is 3.24. The van der Waals surface area contributed by atoms with E-state index in [9.17, 15) is 13.2 Å². The molecule has 0 aliphatic rings. The summed E-state index contributed by atoms with van der Waals surface area (Å²) in [5.74, 6) is -0.303. The molecule has 0 bridgehead atoms. The van der Waals surface area contributed by atoms with Crippen LogP contribution in [0, 0.1) is 0 Å². The van der Waals surface area contributed by atoms with Crippen molar-refractivity contribution >= 4 is 0 Å². The zero-order valence-electron chi connectivity index (χ0n) is 9.25. The molecule has 0 saturated carbocycles. The molecule has 0 amide bonds. The van der Waals surface area contributed by atoms with Crippen molar-refractivity contribution in [1.29, 1.82) is 0 Å². The Morgan fingerprint density at radius 2 is 2.00 bits per heavy atom. The molecule has 0 unspecified atom stereocenters. The Kier molecular flexibility index (Phi) is 4.77. The fourth-order valence-corrected chi connectivity index (χ4v) is 1.21. The van der Waals surface area contributed by atoms with Crippen LogP contribution < -0.4 is 4.74 Å². The summed E-state index contributed by atoms with van der Waals surface area (Å²) in [7, 11) is 0. The van der Waals surface area contributed by atoms with E-state index in [4.69, 9.17) is 14.6 Å². The van der Waals surface area contributed by atoms with Crippen LogP contribution in [0.5, 0.6) is 5.75 Å². The number of alkyl halides is 3. The fourth-order valence-electron chi connectivity index (χ4n) is 1.21. The number of halogens is 3. The Labute approximate surface area is 96.8 Å². The monoisotopic (exact) mass is 250 g/mol. The maximum absolute atomic E-state index is 12.7. The maximum Gasteiger partial charge on any atom is 0.419 e. The van der Waals surface area contributed by atoms with Crippen LogP contribution in [0.4, 0.5) is 13.2 Å². The highest BCUT2D eigenvalue weighted by Gasteiger charge is 2.34. The Hall–Kier alpha value is -1.27. The summed E-state index contributed by atoms with van der Waals surface area (Å²) in [4.78, 5) is 0. The predicted molar refractivity (Wildman–Crippen MR) is 54.5 cm³/mol. The highest BCUT2D eigenvalue weighted by Crippen LogP contribution is 2.36. The molecule has 0 atom stereocenters. The second kappa shape index (κ2) is 5.88. The van der Waals surface area contributed by atoms with Gasteiger partial charge < -0.3 is 14.6 Å². The molecule has 3 nitrogen and oxygen atoms in total. The average Bonchev–Trinajstić information content (AvgIpc) is 2.28. The molecule has 1 aromatic rings. The van der Waals surface area contributed by atoms with E-state index in [2.05, 4.69) is 0 Å². The smallest absolute Gasteiger partial charge is 0.419 e. The number of aliphatic hydroxyl groups excluding tert-OH is 1. The molecule has 17 heavy (non-hydrogen) atoms. The van der Waals surface area contributed by atoms with Crippen LogP contribution in [-0.2, 0) is 17.5 Å². The highest BCUT2D eigenvalue weighted by atomic mass is 19.4. The minimum atomic E-state index is -4.52. The van der Waals surface area contributed by atoms with Gasteiger partial charge in [-0.15, -0.1) is 0 Å². The molecule has 1 rings (SSSR count). The van der Waals surface area contributed by atoms with E-state index in [-0.39, 0.29) is 18.1 Å². The van der Waals surface area contributed by atoms with Gasteiger partial charge in [-0.2, -0.15) is 13.2 Å². The van der Waals surface area contributed by atoms with Crippen molar-refractivity contribution in [3.63, 3.8) is 0 Å². The van der Waals surface area contributed by atoms with E-state index in [0.29, 0.717) is 6.61 Å². The molecule has 0 aliphatic carbocycles. The van der Waals surface area contributed by atoms with Gasteiger partial charge in [0.2, 0.25) is 0 Å². The van der Waals surface area contributed by atoms with Gasteiger partial charge in [-0.3, -0.25) is 0 Å². The molecule has 1 aromatic carbocycles. The van der Waals surface area contributed by atoms with Gasteiger partial charge in [0.25, 0.3) is 0 Å². The molecule has 0 spiro atoms. The highest BCUT2D eigenvalue weighted by molar-refractivity contribution is 5.39. The van der Waals surface area contributed by atoms with E-state index in [1.807, 2.05) is 0 Å². The van der Waals surface area contributed by atoms with Gasteiger partial charge in [0.15, 0.2) is 6.79 Å². The van der Waals surface area contributed by atoms with Crippen molar-refractivity contribution < 1.29 is 27.8 Å². The van der Waals surface area contributed by atoms with Crippen molar-refractivity contribution in [2.24, 2.45) is 0 Å². The lowest BCUT2D eigenvalue weighted by atomic mass is 10.1. The van der Waals surface area contributed by atoms with Gasteiger partial charge in [0.1, 0.15) is 5.75 Å². The lowest BCUT2D eigenvalue weighted by Gasteiger charge is -2.14. The van der Waals surface area contributed by atoms with Crippen LogP contribution in [0.1, 0.15) is 18.1 Å². The normalized spacial score (nSPS) is 11.6. The van der Waals surface area contributed by atoms with Gasteiger partial charge in [0, 0.05) is 6.61 Å². The van der Waals surface area contributed by atoms with Crippen LogP contribution in [0.15, 0.2) is 18.2 Å². The van der Waals surface area contributed by atoms with E-state index in [0.717, 1.165) is 6.07 Å². The molecular weight excluding hydrogens is 237 g/mol. The van der Waals surface area contributed by atoms with Crippen molar-refractivity contribution in [2.45, 2.75) is 19.7 Å². The van der Waals surface area contributed by atoms with Crippen LogP contribution in [0.2, 0.25) is 0 Å². The van der Waals surface area contributed by atoms with E-state index in [1.165, 1.54) is 12.1 Å². The van der Waals surface area contributed by atoms with Gasteiger partial charge in [0.05, 0.1) is 12.2 Å². The SMILES string of the molecule is CCOCOc1ccc(CO)cc1C(F)(F)F. The van der Waals surface area contributed by atoms with Gasteiger partial charge in [-0.1, -0.05) is 6.07 Å². The third-order valence-electron chi connectivity index (χ3n) is 2.03. The molecule has 6 heteroatoms. The van der Waals surface area contributed by atoms with Crippen molar-refractivity contribution in [2.75, 3.05) is 13.4 Å². The minimum Gasteiger partial charge on any atom is -0.467 e. The van der Waals surface area contributed by atoms with Gasteiger partial charge in [-0.05, 0) is 24.6 Å². The Balaban J connectivity index is 2.95. The number of rotatable bonds is 5. The standard InChI is InChI=1S/C11H13F3O3/c1-2-16-7-17-10-4-3-8(6-15)5-9(10)11(12,13)14/h3-5,15H,2,6-7H2,1H3. The summed E-state index contributed by atoms with van der Waals surface area (Å²) in [6, 6.07) is 3.41. The maximum atomic E-state index is 12.7. The van der Waals surface area contributed by atoms with E-state index >= 15 is 0 Å². The Morgan fingerprint density at radius 1 is 1.29 bits per heavy atom. The molecule has 0 saturated heterocycles. The first kappa shape index (κ1) is 13.8. The molecule has 0 aromatic heterocycles. The molecule has 0 heterocycles. The molecule has 96 valence electrons. The summed E-state index contributed by atoms with van der Waals surface area (Å²) >= 11 is 0. The fraction of sp³-hybridized carbons (Fsp3) is 0.455.